The van der Waals surface area contributed by atoms with Gasteiger partial charge in [-0.2, -0.15) is 13.2 Å². The molecule has 6 nitrogen and oxygen atoms in total. The van der Waals surface area contributed by atoms with Crippen molar-refractivity contribution in [3.05, 3.63) is 12.2 Å². The van der Waals surface area contributed by atoms with Crippen LogP contribution >= 0.6 is 0 Å². The third kappa shape index (κ3) is 8.22. The molecule has 132 valence electrons. The van der Waals surface area contributed by atoms with Crippen molar-refractivity contribution in [3.8, 4) is 0 Å². The normalized spacial score (nSPS) is 10.9. The lowest BCUT2D eigenvalue weighted by Gasteiger charge is -2.23. The molecule has 0 heterocycles. The van der Waals surface area contributed by atoms with Crippen molar-refractivity contribution in [1.29, 1.82) is 0 Å². The highest BCUT2D eigenvalue weighted by atomic mass is 19.4. The molecule has 0 radical (unpaired) electrons. The van der Waals surface area contributed by atoms with E-state index in [9.17, 15) is 27.6 Å². The van der Waals surface area contributed by atoms with Crippen molar-refractivity contribution in [2.45, 2.75) is 25.9 Å². The van der Waals surface area contributed by atoms with E-state index in [1.165, 1.54) is 18.9 Å². The highest BCUT2D eigenvalue weighted by Gasteiger charge is 2.41. The van der Waals surface area contributed by atoms with Crippen LogP contribution in [-0.2, 0) is 19.1 Å². The standard InChI is InChI=1S/C14H21F3N2O4/c1-10(2)12(21)23-9-5-6-11(20)18(3)7-8-19(4)13(22)14(15,16)17/h1,5-9H2,2-4H3. The van der Waals surface area contributed by atoms with Crippen molar-refractivity contribution in [1.82, 2.24) is 9.80 Å². The van der Waals surface area contributed by atoms with Crippen LogP contribution in [0.25, 0.3) is 0 Å². The summed E-state index contributed by atoms with van der Waals surface area (Å²) < 4.78 is 41.4. The first-order valence-corrected chi connectivity index (χ1v) is 6.85. The van der Waals surface area contributed by atoms with Gasteiger partial charge in [-0.1, -0.05) is 6.58 Å². The van der Waals surface area contributed by atoms with Crippen molar-refractivity contribution in [2.75, 3.05) is 33.8 Å². The molecular weight excluding hydrogens is 317 g/mol. The first-order chi connectivity index (χ1) is 10.5. The van der Waals surface area contributed by atoms with Crippen LogP contribution in [0, 0.1) is 0 Å². The minimum atomic E-state index is -4.93. The fraction of sp³-hybridized carbons (Fsp3) is 0.643. The molecule has 0 aliphatic heterocycles. The number of hydrogen-bond donors (Lipinski definition) is 0. The summed E-state index contributed by atoms with van der Waals surface area (Å²) in [6.45, 7) is 4.70. The number of esters is 1. The molecule has 0 unspecified atom stereocenters. The summed E-state index contributed by atoms with van der Waals surface area (Å²) >= 11 is 0. The summed E-state index contributed by atoms with van der Waals surface area (Å²) in [4.78, 5) is 35.5. The van der Waals surface area contributed by atoms with Gasteiger partial charge in [0.25, 0.3) is 0 Å². The number of halogens is 3. The molecule has 0 saturated carbocycles. The summed E-state index contributed by atoms with van der Waals surface area (Å²) in [7, 11) is 2.44. The highest BCUT2D eigenvalue weighted by molar-refractivity contribution is 5.87. The quantitative estimate of drug-likeness (QED) is 0.381. The van der Waals surface area contributed by atoms with Gasteiger partial charge in [-0.25, -0.2) is 4.79 Å². The summed E-state index contributed by atoms with van der Waals surface area (Å²) in [6.07, 6.45) is -4.55. The Balaban J connectivity index is 4.05. The lowest BCUT2D eigenvalue weighted by molar-refractivity contribution is -0.184. The smallest absolute Gasteiger partial charge is 0.462 e. The van der Waals surface area contributed by atoms with Gasteiger partial charge in [-0.15, -0.1) is 0 Å². The topological polar surface area (TPSA) is 66.9 Å². The Morgan fingerprint density at radius 3 is 2.09 bits per heavy atom. The molecule has 0 aliphatic carbocycles. The Kier molecular flexibility index (Phi) is 8.34. The molecule has 0 fully saturated rings. The van der Waals surface area contributed by atoms with Crippen LogP contribution in [0.3, 0.4) is 0 Å². The molecule has 9 heteroatoms. The number of alkyl halides is 3. The lowest BCUT2D eigenvalue weighted by atomic mass is 10.3. The average molecular weight is 338 g/mol. The van der Waals surface area contributed by atoms with Gasteiger partial charge in [-0.05, 0) is 13.3 Å². The molecule has 0 N–H and O–H groups in total. The Labute approximate surface area is 132 Å². The predicted octanol–water partition coefficient (Wildman–Crippen LogP) is 1.36. The Morgan fingerprint density at radius 1 is 1.09 bits per heavy atom. The van der Waals surface area contributed by atoms with Crippen LogP contribution in [0.2, 0.25) is 0 Å². The molecule has 0 aromatic heterocycles. The van der Waals surface area contributed by atoms with E-state index in [0.717, 1.165) is 7.05 Å². The van der Waals surface area contributed by atoms with Crippen LogP contribution in [0.4, 0.5) is 13.2 Å². The summed E-state index contributed by atoms with van der Waals surface area (Å²) in [5, 5.41) is 0. The van der Waals surface area contributed by atoms with Crippen LogP contribution in [0.5, 0.6) is 0 Å². The lowest BCUT2D eigenvalue weighted by Crippen LogP contribution is -2.43. The van der Waals surface area contributed by atoms with Gasteiger partial charge in [0.2, 0.25) is 5.91 Å². The van der Waals surface area contributed by atoms with E-state index < -0.39 is 18.1 Å². The second-order valence-electron chi connectivity index (χ2n) is 5.06. The zero-order valence-corrected chi connectivity index (χ0v) is 13.4. The minimum absolute atomic E-state index is 0.0251. The highest BCUT2D eigenvalue weighted by Crippen LogP contribution is 2.17. The van der Waals surface area contributed by atoms with Crippen molar-refractivity contribution >= 4 is 17.8 Å². The number of likely N-dealkylation sites (N-methyl/N-ethyl adjacent to an activating group) is 2. The molecule has 23 heavy (non-hydrogen) atoms. The first kappa shape index (κ1) is 20.9. The maximum atomic E-state index is 12.2. The predicted molar refractivity (Wildman–Crippen MR) is 76.3 cm³/mol. The van der Waals surface area contributed by atoms with Gasteiger partial charge in [0.15, 0.2) is 0 Å². The molecule has 0 aromatic carbocycles. The first-order valence-electron chi connectivity index (χ1n) is 6.85. The number of carbonyl (C=O) groups is 3. The zero-order chi connectivity index (χ0) is 18.2. The Morgan fingerprint density at radius 2 is 1.61 bits per heavy atom. The summed E-state index contributed by atoms with van der Waals surface area (Å²) in [6, 6.07) is 0. The molecule has 0 aliphatic rings. The van der Waals surface area contributed by atoms with E-state index in [1.807, 2.05) is 0 Å². The molecule has 2 amide bonds. The number of hydrogen-bond acceptors (Lipinski definition) is 4. The number of ether oxygens (including phenoxy) is 1. The molecule has 0 bridgehead atoms. The molecular formula is C14H21F3N2O4. The maximum Gasteiger partial charge on any atom is 0.471 e. The number of rotatable bonds is 8. The summed E-state index contributed by atoms with van der Waals surface area (Å²) in [5.74, 6) is -2.81. The number of carbonyl (C=O) groups excluding carboxylic acids is 3. The molecule has 0 aromatic rings. The van der Waals surface area contributed by atoms with Crippen molar-refractivity contribution in [3.63, 3.8) is 0 Å². The van der Waals surface area contributed by atoms with E-state index in [-0.39, 0.29) is 37.6 Å². The van der Waals surface area contributed by atoms with Gasteiger partial charge < -0.3 is 14.5 Å². The van der Waals surface area contributed by atoms with E-state index >= 15 is 0 Å². The van der Waals surface area contributed by atoms with Gasteiger partial charge in [-0.3, -0.25) is 9.59 Å². The van der Waals surface area contributed by atoms with Gasteiger partial charge in [0.1, 0.15) is 0 Å². The maximum absolute atomic E-state index is 12.2. The average Bonchev–Trinajstić information content (AvgIpc) is 2.46. The summed E-state index contributed by atoms with van der Waals surface area (Å²) in [5.41, 5.74) is 0.255. The van der Waals surface area contributed by atoms with Crippen LogP contribution in [0.1, 0.15) is 19.8 Å². The SMILES string of the molecule is C=C(C)C(=O)OCCCC(=O)N(C)CCN(C)C(=O)C(F)(F)F. The van der Waals surface area contributed by atoms with Crippen LogP contribution < -0.4 is 0 Å². The van der Waals surface area contributed by atoms with Crippen LogP contribution in [0.15, 0.2) is 12.2 Å². The second-order valence-corrected chi connectivity index (χ2v) is 5.06. The monoisotopic (exact) mass is 338 g/mol. The second kappa shape index (κ2) is 9.16. The van der Waals surface area contributed by atoms with Gasteiger partial charge in [0, 0.05) is 39.2 Å². The fourth-order valence-electron chi connectivity index (χ4n) is 1.44. The molecule has 0 spiro atoms. The Bertz CT molecular complexity index is 463. The number of nitrogens with zero attached hydrogens (tertiary/aromatic N) is 2. The number of amides is 2. The van der Waals surface area contributed by atoms with Crippen molar-refractivity contribution < 1.29 is 32.3 Å². The van der Waals surface area contributed by atoms with E-state index in [0.29, 0.717) is 11.3 Å². The Hall–Kier alpha value is -2.06. The molecule has 0 saturated heterocycles. The third-order valence-corrected chi connectivity index (χ3v) is 2.90. The van der Waals surface area contributed by atoms with E-state index in [2.05, 4.69) is 6.58 Å². The zero-order valence-electron chi connectivity index (χ0n) is 13.4. The van der Waals surface area contributed by atoms with E-state index in [4.69, 9.17) is 4.74 Å². The largest absolute Gasteiger partial charge is 0.471 e. The molecule has 0 atom stereocenters. The fourth-order valence-corrected chi connectivity index (χ4v) is 1.44. The third-order valence-electron chi connectivity index (χ3n) is 2.90. The van der Waals surface area contributed by atoms with Gasteiger partial charge in [0.05, 0.1) is 6.61 Å². The van der Waals surface area contributed by atoms with E-state index in [1.54, 1.807) is 0 Å². The minimum Gasteiger partial charge on any atom is -0.462 e. The van der Waals surface area contributed by atoms with Gasteiger partial charge >= 0.3 is 18.1 Å². The van der Waals surface area contributed by atoms with Crippen molar-refractivity contribution in [2.24, 2.45) is 0 Å². The molecule has 0 rings (SSSR count). The van der Waals surface area contributed by atoms with Crippen LogP contribution in [-0.4, -0.2) is 67.6 Å².